The van der Waals surface area contributed by atoms with Gasteiger partial charge in [0.15, 0.2) is 0 Å². The molecule has 0 saturated carbocycles. The average molecular weight is 315 g/mol. The van der Waals surface area contributed by atoms with Crippen molar-refractivity contribution in [2.24, 2.45) is 0 Å². The molecule has 0 fully saturated rings. The number of nitrogens with one attached hydrogen (secondary N) is 1. The molecule has 0 heterocycles. The zero-order chi connectivity index (χ0) is 16.0. The summed E-state index contributed by atoms with van der Waals surface area (Å²) in [5, 5.41) is 3.09. The Morgan fingerprint density at radius 3 is 2.52 bits per heavy atom. The van der Waals surface area contributed by atoms with E-state index in [-0.39, 0.29) is 12.5 Å². The van der Waals surface area contributed by atoms with Crippen LogP contribution in [0.1, 0.15) is 12.5 Å². The van der Waals surface area contributed by atoms with E-state index in [9.17, 15) is 9.59 Å². The minimum atomic E-state index is -0.544. The van der Waals surface area contributed by atoms with Crippen molar-refractivity contribution >= 4 is 29.3 Å². The summed E-state index contributed by atoms with van der Waals surface area (Å²) in [6.45, 7) is 3.84. The van der Waals surface area contributed by atoms with Gasteiger partial charge < -0.3 is 19.7 Å². The van der Waals surface area contributed by atoms with Gasteiger partial charge in [0.1, 0.15) is 5.75 Å². The molecule has 0 aliphatic carbocycles. The standard InChI is InChI=1S/C14H19ClN2O4/c1-9-7-12(13(20-3)8-11(9)15)17(10(2)18)6-5-16-14(19)21-4/h7-8H,5-6H2,1-4H3,(H,16,19). The quantitative estimate of drug-likeness (QED) is 0.906. The van der Waals surface area contributed by atoms with E-state index in [1.165, 1.54) is 26.0 Å². The number of alkyl carbamates (subject to hydrolysis) is 1. The van der Waals surface area contributed by atoms with Crippen molar-refractivity contribution in [3.8, 4) is 5.75 Å². The summed E-state index contributed by atoms with van der Waals surface area (Å²) in [5.74, 6) is 0.334. The monoisotopic (exact) mass is 314 g/mol. The number of methoxy groups -OCH3 is 2. The highest BCUT2D eigenvalue weighted by Crippen LogP contribution is 2.33. The zero-order valence-corrected chi connectivity index (χ0v) is 13.3. The van der Waals surface area contributed by atoms with Crippen LogP contribution >= 0.6 is 11.6 Å². The first kappa shape index (κ1) is 17.1. The highest BCUT2D eigenvalue weighted by atomic mass is 35.5. The Balaban J connectivity index is 2.97. The Kier molecular flexibility index (Phi) is 6.30. The van der Waals surface area contributed by atoms with E-state index in [1.54, 1.807) is 12.1 Å². The second kappa shape index (κ2) is 7.73. The average Bonchev–Trinajstić information content (AvgIpc) is 2.45. The van der Waals surface area contributed by atoms with Crippen LogP contribution in [0.25, 0.3) is 0 Å². The second-order valence-corrected chi connectivity index (χ2v) is 4.77. The van der Waals surface area contributed by atoms with Gasteiger partial charge >= 0.3 is 6.09 Å². The first-order chi connectivity index (χ1) is 9.90. The lowest BCUT2D eigenvalue weighted by Crippen LogP contribution is -2.37. The maximum atomic E-state index is 11.8. The number of amides is 2. The number of halogens is 1. The number of anilines is 1. The van der Waals surface area contributed by atoms with Crippen molar-refractivity contribution in [1.82, 2.24) is 5.32 Å². The minimum absolute atomic E-state index is 0.165. The van der Waals surface area contributed by atoms with E-state index >= 15 is 0 Å². The molecule has 0 bridgehead atoms. The van der Waals surface area contributed by atoms with Crippen molar-refractivity contribution in [3.05, 3.63) is 22.7 Å². The number of nitrogens with zero attached hydrogens (tertiary/aromatic N) is 1. The summed E-state index contributed by atoms with van der Waals surface area (Å²) in [4.78, 5) is 24.4. The van der Waals surface area contributed by atoms with Gasteiger partial charge in [-0.1, -0.05) is 11.6 Å². The number of carbonyl (C=O) groups excluding carboxylic acids is 2. The van der Waals surface area contributed by atoms with Crippen molar-refractivity contribution in [2.75, 3.05) is 32.2 Å². The summed E-state index contributed by atoms with van der Waals surface area (Å²) in [6.07, 6.45) is -0.544. The second-order valence-electron chi connectivity index (χ2n) is 4.36. The lowest BCUT2D eigenvalue weighted by atomic mass is 10.2. The molecule has 0 saturated heterocycles. The Morgan fingerprint density at radius 1 is 1.33 bits per heavy atom. The number of hydrogen-bond donors (Lipinski definition) is 1. The van der Waals surface area contributed by atoms with Gasteiger partial charge in [0, 0.05) is 31.1 Å². The van der Waals surface area contributed by atoms with Crippen LogP contribution in [-0.2, 0) is 9.53 Å². The highest BCUT2D eigenvalue weighted by Gasteiger charge is 2.18. The number of benzene rings is 1. The maximum absolute atomic E-state index is 11.8. The molecule has 0 radical (unpaired) electrons. The molecular formula is C14H19ClN2O4. The van der Waals surface area contributed by atoms with E-state index in [0.717, 1.165) is 5.56 Å². The Morgan fingerprint density at radius 2 is 2.00 bits per heavy atom. The van der Waals surface area contributed by atoms with Gasteiger partial charge in [-0.15, -0.1) is 0 Å². The highest BCUT2D eigenvalue weighted by molar-refractivity contribution is 6.31. The molecule has 0 aliphatic heterocycles. The van der Waals surface area contributed by atoms with Crippen LogP contribution in [0.15, 0.2) is 12.1 Å². The fourth-order valence-corrected chi connectivity index (χ4v) is 1.97. The van der Waals surface area contributed by atoms with Gasteiger partial charge in [0.25, 0.3) is 0 Å². The summed E-state index contributed by atoms with van der Waals surface area (Å²) >= 11 is 6.06. The Hall–Kier alpha value is -1.95. The molecule has 1 N–H and O–H groups in total. The molecule has 0 aliphatic rings. The summed E-state index contributed by atoms with van der Waals surface area (Å²) in [6, 6.07) is 3.44. The van der Waals surface area contributed by atoms with Gasteiger partial charge in [-0.25, -0.2) is 4.79 Å². The van der Waals surface area contributed by atoms with E-state index in [0.29, 0.717) is 23.0 Å². The van der Waals surface area contributed by atoms with Crippen LogP contribution in [0.4, 0.5) is 10.5 Å². The normalized spacial score (nSPS) is 9.95. The van der Waals surface area contributed by atoms with Crippen molar-refractivity contribution in [2.45, 2.75) is 13.8 Å². The van der Waals surface area contributed by atoms with Crippen LogP contribution in [0.2, 0.25) is 5.02 Å². The van der Waals surface area contributed by atoms with Crippen LogP contribution in [-0.4, -0.2) is 39.3 Å². The first-order valence-corrected chi connectivity index (χ1v) is 6.72. The smallest absolute Gasteiger partial charge is 0.406 e. The molecule has 1 aromatic rings. The summed E-state index contributed by atoms with van der Waals surface area (Å²) in [7, 11) is 2.79. The van der Waals surface area contributed by atoms with E-state index in [2.05, 4.69) is 10.1 Å². The minimum Gasteiger partial charge on any atom is -0.495 e. The molecule has 0 aromatic heterocycles. The molecule has 2 amide bonds. The van der Waals surface area contributed by atoms with Gasteiger partial charge in [0.2, 0.25) is 5.91 Å². The lowest BCUT2D eigenvalue weighted by Gasteiger charge is -2.24. The fraction of sp³-hybridized carbons (Fsp3) is 0.429. The van der Waals surface area contributed by atoms with Gasteiger partial charge in [-0.3, -0.25) is 4.79 Å². The molecule has 6 nitrogen and oxygen atoms in total. The molecule has 0 spiro atoms. The number of hydrogen-bond acceptors (Lipinski definition) is 4. The predicted octanol–water partition coefficient (Wildman–Crippen LogP) is 2.37. The summed E-state index contributed by atoms with van der Waals surface area (Å²) in [5.41, 5.74) is 1.44. The number of rotatable bonds is 5. The van der Waals surface area contributed by atoms with Gasteiger partial charge in [-0.2, -0.15) is 0 Å². The lowest BCUT2D eigenvalue weighted by molar-refractivity contribution is -0.116. The fourth-order valence-electron chi connectivity index (χ4n) is 1.81. The first-order valence-electron chi connectivity index (χ1n) is 6.34. The van der Waals surface area contributed by atoms with Crippen molar-refractivity contribution in [1.29, 1.82) is 0 Å². The molecule has 7 heteroatoms. The Labute approximate surface area is 129 Å². The van der Waals surface area contributed by atoms with Crippen LogP contribution in [0, 0.1) is 6.92 Å². The van der Waals surface area contributed by atoms with Crippen molar-refractivity contribution in [3.63, 3.8) is 0 Å². The summed E-state index contributed by atoms with van der Waals surface area (Å²) < 4.78 is 9.75. The third kappa shape index (κ3) is 4.53. The molecule has 0 unspecified atom stereocenters. The predicted molar refractivity (Wildman–Crippen MR) is 81.2 cm³/mol. The molecule has 21 heavy (non-hydrogen) atoms. The van der Waals surface area contributed by atoms with Gasteiger partial charge in [-0.05, 0) is 18.6 Å². The maximum Gasteiger partial charge on any atom is 0.406 e. The number of aryl methyl sites for hydroxylation is 1. The van der Waals surface area contributed by atoms with E-state index in [4.69, 9.17) is 16.3 Å². The Bertz CT molecular complexity index is 534. The largest absolute Gasteiger partial charge is 0.495 e. The molecule has 1 aromatic carbocycles. The SMILES string of the molecule is COC(=O)NCCN(C(C)=O)c1cc(C)c(Cl)cc1OC. The number of ether oxygens (including phenoxy) is 2. The molecule has 1 rings (SSSR count). The van der Waals surface area contributed by atoms with E-state index < -0.39 is 6.09 Å². The third-order valence-corrected chi connectivity index (χ3v) is 3.33. The number of carbonyl (C=O) groups is 2. The molecule has 116 valence electrons. The van der Waals surface area contributed by atoms with Crippen LogP contribution in [0.5, 0.6) is 5.75 Å². The third-order valence-electron chi connectivity index (χ3n) is 2.92. The van der Waals surface area contributed by atoms with Crippen molar-refractivity contribution < 1.29 is 19.1 Å². The van der Waals surface area contributed by atoms with Crippen LogP contribution < -0.4 is 15.0 Å². The van der Waals surface area contributed by atoms with Crippen LogP contribution in [0.3, 0.4) is 0 Å². The molecule has 0 atom stereocenters. The molecular weight excluding hydrogens is 296 g/mol. The zero-order valence-electron chi connectivity index (χ0n) is 12.5. The van der Waals surface area contributed by atoms with E-state index in [1.807, 2.05) is 6.92 Å². The van der Waals surface area contributed by atoms with Gasteiger partial charge in [0.05, 0.1) is 19.9 Å². The topological polar surface area (TPSA) is 67.9 Å².